The van der Waals surface area contributed by atoms with Gasteiger partial charge in [0.1, 0.15) is 24.1 Å². The van der Waals surface area contributed by atoms with Gasteiger partial charge in [0.15, 0.2) is 23.4 Å². The van der Waals surface area contributed by atoms with Gasteiger partial charge in [0.2, 0.25) is 6.29 Å². The van der Waals surface area contributed by atoms with Gasteiger partial charge < -0.3 is 50.0 Å². The highest BCUT2D eigenvalue weighted by molar-refractivity contribution is 5.91. The van der Waals surface area contributed by atoms with E-state index in [1.165, 1.54) is 30.3 Å². The Morgan fingerprint density at radius 2 is 1.56 bits per heavy atom. The zero-order chi connectivity index (χ0) is 25.0. The number of aliphatic hydroxyl groups is 3. The Bertz CT molecular complexity index is 1040. The summed E-state index contributed by atoms with van der Waals surface area (Å²) in [6, 6.07) is 7.39. The van der Waals surface area contributed by atoms with Gasteiger partial charge in [0.25, 0.3) is 0 Å². The van der Waals surface area contributed by atoms with Crippen LogP contribution in [-0.2, 0) is 19.0 Å². The fraction of sp³-hybridized carbons (Fsp3) is 0.273. The second-order valence-corrected chi connectivity index (χ2v) is 7.30. The third-order valence-electron chi connectivity index (χ3n) is 4.91. The summed E-state index contributed by atoms with van der Waals surface area (Å²) >= 11 is 0. The van der Waals surface area contributed by atoms with Crippen LogP contribution in [0.25, 0.3) is 6.08 Å². The molecule has 0 aromatic heterocycles. The van der Waals surface area contributed by atoms with Gasteiger partial charge in [-0.2, -0.15) is 0 Å². The Hall–Kier alpha value is -3.84. The largest absolute Gasteiger partial charge is 0.508 e. The molecule has 0 aliphatic carbocycles. The molecule has 1 aliphatic rings. The first-order valence-electron chi connectivity index (χ1n) is 9.86. The lowest BCUT2D eigenvalue weighted by molar-refractivity contribution is -0.288. The molecule has 1 saturated heterocycles. The Morgan fingerprint density at radius 1 is 0.941 bits per heavy atom. The Balaban J connectivity index is 1.78. The highest BCUT2D eigenvalue weighted by Crippen LogP contribution is 2.36. The molecule has 12 nitrogen and oxygen atoms in total. The van der Waals surface area contributed by atoms with Crippen molar-refractivity contribution in [2.24, 2.45) is 0 Å². The van der Waals surface area contributed by atoms with Gasteiger partial charge in [-0.3, -0.25) is 0 Å². The number of benzene rings is 2. The number of hydrogen-bond acceptors (Lipinski definition) is 12. The van der Waals surface area contributed by atoms with Crippen molar-refractivity contribution < 1.29 is 59.5 Å². The van der Waals surface area contributed by atoms with Crippen LogP contribution in [0.15, 0.2) is 42.5 Å². The molecular weight excluding hydrogens is 456 g/mol. The normalized spacial score (nSPS) is 24.6. The molecule has 12 heteroatoms. The van der Waals surface area contributed by atoms with Crippen LogP contribution in [-0.4, -0.2) is 85.0 Å². The molecule has 2 aromatic carbocycles. The number of carbonyl (C=O) groups excluding carboxylic acids is 2. The molecule has 5 unspecified atom stereocenters. The predicted octanol–water partition coefficient (Wildman–Crippen LogP) is -0.270. The maximum absolute atomic E-state index is 12.5. The van der Waals surface area contributed by atoms with Crippen LogP contribution in [0.5, 0.6) is 23.0 Å². The van der Waals surface area contributed by atoms with Gasteiger partial charge in [0, 0.05) is 6.08 Å². The molecule has 5 atom stereocenters. The number of aliphatic hydroxyl groups excluding tert-OH is 3. The minimum Gasteiger partial charge on any atom is -0.508 e. The molecule has 0 amide bonds. The van der Waals surface area contributed by atoms with Crippen molar-refractivity contribution >= 4 is 18.0 Å². The van der Waals surface area contributed by atoms with E-state index >= 15 is 0 Å². The zero-order valence-electron chi connectivity index (χ0n) is 17.4. The van der Waals surface area contributed by atoms with Gasteiger partial charge in [-0.1, -0.05) is 12.1 Å². The number of hydrogen-bond donors (Lipinski definition) is 7. The highest BCUT2D eigenvalue weighted by Gasteiger charge is 2.48. The van der Waals surface area contributed by atoms with Crippen molar-refractivity contribution in [3.63, 3.8) is 0 Å². The van der Waals surface area contributed by atoms with Crippen molar-refractivity contribution in [2.45, 2.75) is 30.7 Å². The number of rotatable bonds is 6. The predicted molar refractivity (Wildman–Crippen MR) is 112 cm³/mol. The number of ether oxygens (including phenoxy) is 3. The molecule has 0 saturated carbocycles. The van der Waals surface area contributed by atoms with Crippen LogP contribution >= 0.6 is 0 Å². The third-order valence-corrected chi connectivity index (χ3v) is 4.91. The van der Waals surface area contributed by atoms with E-state index < -0.39 is 72.1 Å². The first kappa shape index (κ1) is 24.8. The second kappa shape index (κ2) is 10.4. The van der Waals surface area contributed by atoms with Gasteiger partial charge in [0.05, 0.1) is 12.2 Å². The first-order valence-corrected chi connectivity index (χ1v) is 9.86. The quantitative estimate of drug-likeness (QED) is 0.163. The maximum Gasteiger partial charge on any atom is 0.340 e. The minimum atomic E-state index is -1.82. The van der Waals surface area contributed by atoms with E-state index in [0.29, 0.717) is 5.56 Å². The average molecular weight is 478 g/mol. The molecule has 0 radical (unpaired) electrons. The molecule has 1 heterocycles. The second-order valence-electron chi connectivity index (χ2n) is 7.30. The van der Waals surface area contributed by atoms with Crippen molar-refractivity contribution in [1.82, 2.24) is 0 Å². The molecule has 0 spiro atoms. The van der Waals surface area contributed by atoms with Gasteiger partial charge in [-0.15, -0.1) is 0 Å². The fourth-order valence-electron chi connectivity index (χ4n) is 3.10. The number of phenols is 4. The summed E-state index contributed by atoms with van der Waals surface area (Å²) in [7, 11) is 0. The van der Waals surface area contributed by atoms with Crippen molar-refractivity contribution in [3.8, 4) is 23.0 Å². The van der Waals surface area contributed by atoms with Crippen LogP contribution < -0.4 is 0 Å². The average Bonchev–Trinajstić information content (AvgIpc) is 2.81. The van der Waals surface area contributed by atoms with E-state index in [1.807, 2.05) is 0 Å². The van der Waals surface area contributed by atoms with Gasteiger partial charge in [-0.05, 0) is 35.9 Å². The summed E-state index contributed by atoms with van der Waals surface area (Å²) in [4.78, 5) is 24.8. The molecule has 1 fully saturated rings. The summed E-state index contributed by atoms with van der Waals surface area (Å²) in [6.07, 6.45) is -6.11. The molecule has 2 aromatic rings. The molecule has 182 valence electrons. The van der Waals surface area contributed by atoms with Crippen LogP contribution in [0, 0.1) is 0 Å². The molecule has 0 bridgehead atoms. The maximum atomic E-state index is 12.5. The van der Waals surface area contributed by atoms with Crippen LogP contribution in [0.3, 0.4) is 0 Å². The monoisotopic (exact) mass is 478 g/mol. The summed E-state index contributed by atoms with van der Waals surface area (Å²) in [5, 5.41) is 67.8. The fourth-order valence-corrected chi connectivity index (χ4v) is 3.10. The molecule has 7 N–H and O–H groups in total. The summed E-state index contributed by atoms with van der Waals surface area (Å²) < 4.78 is 15.5. The SMILES string of the molecule is O=C(/C=C\c1ccc(O)cc1)OC1C(OC(=O)c2cc(O)c(O)c(O)c2)OC(CO)C(O)C1O. The lowest BCUT2D eigenvalue weighted by Crippen LogP contribution is -2.60. The first-order chi connectivity index (χ1) is 16.1. The zero-order valence-corrected chi connectivity index (χ0v) is 17.4. The minimum absolute atomic E-state index is 0.0227. The lowest BCUT2D eigenvalue weighted by atomic mass is 9.99. The van der Waals surface area contributed by atoms with Gasteiger partial charge in [-0.25, -0.2) is 9.59 Å². The van der Waals surface area contributed by atoms with E-state index in [4.69, 9.17) is 14.2 Å². The summed E-state index contributed by atoms with van der Waals surface area (Å²) in [6.45, 7) is -0.769. The molecule has 1 aliphatic heterocycles. The third kappa shape index (κ3) is 5.55. The lowest BCUT2D eigenvalue weighted by Gasteiger charge is -2.40. The van der Waals surface area contributed by atoms with Crippen LogP contribution in [0.2, 0.25) is 0 Å². The number of carbonyl (C=O) groups is 2. The van der Waals surface area contributed by atoms with Crippen molar-refractivity contribution in [2.75, 3.05) is 6.61 Å². The summed E-state index contributed by atoms with van der Waals surface area (Å²) in [5.74, 6) is -4.69. The van der Waals surface area contributed by atoms with Gasteiger partial charge >= 0.3 is 11.9 Å². The Labute approximate surface area is 192 Å². The number of phenolic OH excluding ortho intramolecular Hbond substituents is 4. The van der Waals surface area contributed by atoms with E-state index in [9.17, 15) is 45.3 Å². The molecule has 34 heavy (non-hydrogen) atoms. The van der Waals surface area contributed by atoms with Crippen LogP contribution in [0.1, 0.15) is 15.9 Å². The topological polar surface area (TPSA) is 203 Å². The highest BCUT2D eigenvalue weighted by atomic mass is 16.7. The van der Waals surface area contributed by atoms with E-state index in [-0.39, 0.29) is 5.75 Å². The van der Waals surface area contributed by atoms with Crippen molar-refractivity contribution in [3.05, 3.63) is 53.6 Å². The van der Waals surface area contributed by atoms with Crippen LogP contribution in [0.4, 0.5) is 0 Å². The van der Waals surface area contributed by atoms with E-state index in [0.717, 1.165) is 18.2 Å². The van der Waals surface area contributed by atoms with E-state index in [2.05, 4.69) is 0 Å². The molecule has 3 rings (SSSR count). The Kier molecular flexibility index (Phi) is 7.58. The Morgan fingerprint density at radius 3 is 2.15 bits per heavy atom. The number of esters is 2. The molecular formula is C22H22O12. The standard InChI is InChI=1S/C22H22O12/c23-9-15-18(29)19(30)20(33-16(27)6-3-10-1-4-12(24)5-2-10)22(32-15)34-21(31)11-7-13(25)17(28)14(26)8-11/h1-8,15,18-20,22-26,28-30H,9H2/b6-3-. The smallest absolute Gasteiger partial charge is 0.340 e. The number of aromatic hydroxyl groups is 4. The van der Waals surface area contributed by atoms with Crippen molar-refractivity contribution in [1.29, 1.82) is 0 Å². The van der Waals surface area contributed by atoms with E-state index in [1.54, 1.807) is 0 Å². The summed E-state index contributed by atoms with van der Waals surface area (Å²) in [5.41, 5.74) is 0.111.